The van der Waals surface area contributed by atoms with Gasteiger partial charge >= 0.3 is 0 Å². The number of thioether (sulfide) groups is 1. The van der Waals surface area contributed by atoms with E-state index in [2.05, 4.69) is 73.2 Å². The zero-order valence-electron chi connectivity index (χ0n) is 33.1. The van der Waals surface area contributed by atoms with Crippen molar-refractivity contribution in [1.82, 2.24) is 0 Å². The molecule has 4 aliphatic rings. The Morgan fingerprint density at radius 1 is 0.745 bits per heavy atom. The van der Waals surface area contributed by atoms with Crippen LogP contribution in [0.1, 0.15) is 203 Å². The van der Waals surface area contributed by atoms with E-state index in [9.17, 15) is 0 Å². The minimum Gasteiger partial charge on any atom is -0.378 e. The fraction of sp³-hybridized carbons (Fsp3) is 0.956. The van der Waals surface area contributed by atoms with E-state index in [4.69, 9.17) is 4.74 Å². The van der Waals surface area contributed by atoms with Crippen molar-refractivity contribution in [1.29, 1.82) is 0 Å². The van der Waals surface area contributed by atoms with Crippen molar-refractivity contribution >= 4 is 11.8 Å². The fourth-order valence-corrected chi connectivity index (χ4v) is 12.4. The van der Waals surface area contributed by atoms with Crippen molar-refractivity contribution in [3.63, 3.8) is 0 Å². The first kappa shape index (κ1) is 39.8. The van der Waals surface area contributed by atoms with Crippen molar-refractivity contribution in [2.45, 2.75) is 214 Å². The van der Waals surface area contributed by atoms with Gasteiger partial charge < -0.3 is 4.74 Å². The Morgan fingerprint density at radius 2 is 1.38 bits per heavy atom. The molecule has 4 rings (SSSR count). The van der Waals surface area contributed by atoms with Crippen LogP contribution >= 0.6 is 11.8 Å². The van der Waals surface area contributed by atoms with Crippen LogP contribution in [0.5, 0.6) is 0 Å². The Bertz CT molecular complexity index is 915. The number of allylic oxidation sites excluding steroid dienone is 1. The highest BCUT2D eigenvalue weighted by Gasteiger charge is 2.59. The zero-order chi connectivity index (χ0) is 33.9. The summed E-state index contributed by atoms with van der Waals surface area (Å²) in [6.45, 7) is 20.8. The molecule has 274 valence electrons. The molecule has 0 saturated heterocycles. The van der Waals surface area contributed by atoms with Crippen LogP contribution in [-0.2, 0) is 4.74 Å². The van der Waals surface area contributed by atoms with Crippen LogP contribution in [0.3, 0.4) is 0 Å². The molecule has 3 fully saturated rings. The van der Waals surface area contributed by atoms with Gasteiger partial charge in [-0.2, -0.15) is 11.8 Å². The highest BCUT2D eigenvalue weighted by molar-refractivity contribution is 8.00. The normalized spacial score (nSPS) is 33.0. The fourth-order valence-electron chi connectivity index (χ4n) is 11.4. The lowest BCUT2D eigenvalue weighted by Crippen LogP contribution is -2.51. The molecule has 0 aromatic carbocycles. The number of fused-ring (bicyclic) bond motifs is 5. The molecule has 2 heteroatoms. The van der Waals surface area contributed by atoms with E-state index in [0.717, 1.165) is 42.1 Å². The molecule has 7 unspecified atom stereocenters. The second-order valence-electron chi connectivity index (χ2n) is 19.2. The van der Waals surface area contributed by atoms with Gasteiger partial charge in [-0.15, -0.1) is 0 Å². The number of ether oxygens (including phenoxy) is 1. The standard InChI is InChI=1S/C45H82OS/c1-35(2)22-21-23-36(3)40-26-27-41-39-25-24-37-34-38(28-30-44(37,7)42(39)29-31-45(40,41)8)46-32-19-17-15-13-11-9-10-12-14-16-18-20-33-47-43(4,5)6/h24,35-36,38-42H,9-23,25-34H2,1-8H3/t36?,38-,39?,40?,41?,42?,44?,45?/m0/s1. The predicted octanol–water partition coefficient (Wildman–Crippen LogP) is 14.6. The topological polar surface area (TPSA) is 9.23 Å². The summed E-state index contributed by atoms with van der Waals surface area (Å²) in [5, 5.41) is 0. The summed E-state index contributed by atoms with van der Waals surface area (Å²) in [5.41, 5.74) is 2.86. The first-order chi connectivity index (χ1) is 22.4. The average Bonchev–Trinajstić information content (AvgIpc) is 3.37. The van der Waals surface area contributed by atoms with Crippen LogP contribution in [0.15, 0.2) is 11.6 Å². The summed E-state index contributed by atoms with van der Waals surface area (Å²) in [4.78, 5) is 0. The van der Waals surface area contributed by atoms with Crippen molar-refractivity contribution in [2.24, 2.45) is 46.3 Å². The Labute approximate surface area is 299 Å². The quantitative estimate of drug-likeness (QED) is 0.0888. The molecule has 1 nitrogen and oxygen atoms in total. The molecular formula is C45H82OS. The number of hydrogen-bond acceptors (Lipinski definition) is 2. The van der Waals surface area contributed by atoms with Crippen LogP contribution in [-0.4, -0.2) is 23.2 Å². The largest absolute Gasteiger partial charge is 0.378 e. The molecule has 0 aromatic rings. The van der Waals surface area contributed by atoms with Crippen LogP contribution < -0.4 is 0 Å². The van der Waals surface area contributed by atoms with Gasteiger partial charge in [-0.1, -0.05) is 151 Å². The van der Waals surface area contributed by atoms with Gasteiger partial charge in [0.25, 0.3) is 0 Å². The second-order valence-corrected chi connectivity index (χ2v) is 21.2. The van der Waals surface area contributed by atoms with Crippen LogP contribution in [0.2, 0.25) is 0 Å². The van der Waals surface area contributed by atoms with Gasteiger partial charge in [0.1, 0.15) is 0 Å². The first-order valence-electron chi connectivity index (χ1n) is 21.4. The highest BCUT2D eigenvalue weighted by atomic mass is 32.2. The number of hydrogen-bond donors (Lipinski definition) is 0. The lowest BCUT2D eigenvalue weighted by atomic mass is 9.47. The molecule has 0 radical (unpaired) electrons. The maximum atomic E-state index is 6.57. The van der Waals surface area contributed by atoms with Crippen LogP contribution in [0.4, 0.5) is 0 Å². The van der Waals surface area contributed by atoms with Crippen LogP contribution in [0, 0.1) is 46.3 Å². The SMILES string of the molecule is CC(C)CCCC(C)C1CCC2C3CC=C4C[C@@H](OCCCCCCCCCCCCCCSC(C)(C)C)CCC4(C)C3CCC12C. The maximum absolute atomic E-state index is 6.57. The molecule has 0 N–H and O–H groups in total. The molecule has 0 heterocycles. The van der Waals surface area contributed by atoms with Crippen molar-refractivity contribution in [3.05, 3.63) is 11.6 Å². The molecule has 0 amide bonds. The number of unbranched alkanes of at least 4 members (excludes halogenated alkanes) is 11. The minimum atomic E-state index is 0.436. The predicted molar refractivity (Wildman–Crippen MR) is 210 cm³/mol. The van der Waals surface area contributed by atoms with Gasteiger partial charge in [0.15, 0.2) is 0 Å². The van der Waals surface area contributed by atoms with E-state index in [0.29, 0.717) is 21.7 Å². The second kappa shape index (κ2) is 19.0. The van der Waals surface area contributed by atoms with E-state index in [1.165, 1.54) is 153 Å². The molecule has 0 bridgehead atoms. The molecular weight excluding hydrogens is 589 g/mol. The monoisotopic (exact) mass is 671 g/mol. The van der Waals surface area contributed by atoms with E-state index in [-0.39, 0.29) is 0 Å². The van der Waals surface area contributed by atoms with Crippen molar-refractivity contribution < 1.29 is 4.74 Å². The molecule has 0 spiro atoms. The summed E-state index contributed by atoms with van der Waals surface area (Å²) in [7, 11) is 0. The summed E-state index contributed by atoms with van der Waals surface area (Å²) < 4.78 is 7.00. The maximum Gasteiger partial charge on any atom is 0.0612 e. The van der Waals surface area contributed by atoms with Gasteiger partial charge in [-0.05, 0) is 116 Å². The smallest absolute Gasteiger partial charge is 0.0612 e. The average molecular weight is 671 g/mol. The van der Waals surface area contributed by atoms with Crippen molar-refractivity contribution in [3.8, 4) is 0 Å². The zero-order valence-corrected chi connectivity index (χ0v) is 33.9. The third-order valence-corrected chi connectivity index (χ3v) is 15.5. The van der Waals surface area contributed by atoms with E-state index < -0.39 is 0 Å². The Morgan fingerprint density at radius 3 is 2.02 bits per heavy atom. The molecule has 3 saturated carbocycles. The van der Waals surface area contributed by atoms with Gasteiger partial charge in [0, 0.05) is 11.4 Å². The van der Waals surface area contributed by atoms with E-state index in [1.54, 1.807) is 5.57 Å². The van der Waals surface area contributed by atoms with E-state index in [1.807, 2.05) is 0 Å². The summed E-state index contributed by atoms with van der Waals surface area (Å²) in [6, 6.07) is 0. The summed E-state index contributed by atoms with van der Waals surface area (Å²) in [5.74, 6) is 6.92. The van der Waals surface area contributed by atoms with Crippen molar-refractivity contribution in [2.75, 3.05) is 12.4 Å². The molecule has 4 aliphatic carbocycles. The lowest BCUT2D eigenvalue weighted by molar-refractivity contribution is -0.0641. The van der Waals surface area contributed by atoms with E-state index >= 15 is 0 Å². The number of rotatable bonds is 21. The minimum absolute atomic E-state index is 0.436. The van der Waals surface area contributed by atoms with Crippen LogP contribution in [0.25, 0.3) is 0 Å². The highest BCUT2D eigenvalue weighted by Crippen LogP contribution is 2.67. The third-order valence-electron chi connectivity index (χ3n) is 14.2. The lowest BCUT2D eigenvalue weighted by Gasteiger charge is -2.58. The van der Waals surface area contributed by atoms with Gasteiger partial charge in [-0.25, -0.2) is 0 Å². The Kier molecular flexibility index (Phi) is 16.1. The Balaban J connectivity index is 1.06. The Hall–Kier alpha value is 0.0500. The third kappa shape index (κ3) is 11.5. The summed E-state index contributed by atoms with van der Waals surface area (Å²) >= 11 is 2.13. The molecule has 0 aliphatic heterocycles. The van der Waals surface area contributed by atoms with Gasteiger partial charge in [-0.3, -0.25) is 0 Å². The first-order valence-corrected chi connectivity index (χ1v) is 22.4. The molecule has 0 aromatic heterocycles. The summed E-state index contributed by atoms with van der Waals surface area (Å²) in [6.07, 6.45) is 35.8. The van der Waals surface area contributed by atoms with Gasteiger partial charge in [0.2, 0.25) is 0 Å². The van der Waals surface area contributed by atoms with Gasteiger partial charge in [0.05, 0.1) is 6.10 Å². The molecule has 47 heavy (non-hydrogen) atoms. The molecule has 8 atom stereocenters.